The molecule has 0 saturated carbocycles. The summed E-state index contributed by atoms with van der Waals surface area (Å²) in [5.41, 5.74) is 5.36. The predicted molar refractivity (Wildman–Crippen MR) is 323 cm³/mol. The van der Waals surface area contributed by atoms with Gasteiger partial charge in [-0.25, -0.2) is 14.4 Å². The highest BCUT2D eigenvalue weighted by atomic mass is 35.5. The number of benzene rings is 2. The van der Waals surface area contributed by atoms with Crippen LogP contribution in [0.1, 0.15) is 122 Å². The maximum Gasteiger partial charge on any atom is 0.410 e. The number of amides is 7. The Morgan fingerprint density at radius 1 is 0.966 bits per heavy atom. The van der Waals surface area contributed by atoms with Gasteiger partial charge in [0.25, 0.3) is 11.8 Å². The van der Waals surface area contributed by atoms with Gasteiger partial charge in [0.1, 0.15) is 58.7 Å². The fourth-order valence-electron chi connectivity index (χ4n) is 11.2. The van der Waals surface area contributed by atoms with Crippen LogP contribution >= 0.6 is 11.6 Å². The van der Waals surface area contributed by atoms with Crippen LogP contribution in [-0.2, 0) is 81.5 Å². The Hall–Kier alpha value is -7.47. The van der Waals surface area contributed by atoms with Crippen molar-refractivity contribution in [1.29, 1.82) is 0 Å². The van der Waals surface area contributed by atoms with Gasteiger partial charge in [0.05, 0.1) is 37.8 Å². The molecule has 0 aromatic heterocycles. The van der Waals surface area contributed by atoms with Gasteiger partial charge < -0.3 is 54.8 Å². The zero-order valence-corrected chi connectivity index (χ0v) is 52.7. The first kappa shape index (κ1) is 69.6. The fourth-order valence-corrected chi connectivity index (χ4v) is 11.6. The molecule has 10 atom stereocenters. The van der Waals surface area contributed by atoms with E-state index in [1.54, 1.807) is 62.4 Å². The van der Waals surface area contributed by atoms with Gasteiger partial charge in [-0.2, -0.15) is 0 Å². The molecule has 4 aliphatic heterocycles. The lowest BCUT2D eigenvalue weighted by atomic mass is 9.78. The van der Waals surface area contributed by atoms with Crippen LogP contribution in [0.4, 0.5) is 15.3 Å². The van der Waals surface area contributed by atoms with E-state index in [1.165, 1.54) is 52.3 Å². The summed E-state index contributed by atoms with van der Waals surface area (Å²) >= 11 is 6.84. The number of urea groups is 1. The summed E-state index contributed by atoms with van der Waals surface area (Å²) in [4.78, 5) is 135. The standard InChI is InChI=1S/C64H85ClN6O17/c1-37(2)45(32-44(72)17-12-11-13-27-71-53(74)24-25-54(71)75)59(78)68-46(18-15-26-67-61(66)80)48(73)30-41-20-22-42(23-21-41)36-85-62(81)69(7)40(5)60(79)87-52-33-55(76)70(8)47-29-43(31-49(83-9)57(47)65)28-38(3)16-14-19-51(84-10)64(82)34-50(86-56(77)35-64)39(4)58-63(52,6)88-58/h14,16,19-25,29,31,37,39-40,45-46,50-52,58,82H,11-13,15,17-18,26-28,30,32-36H2,1-10H3,(H,68,78)(H3,66,67,80)/b19-14+,38-16+/t39-,40+,45+,46+,50+,51-,52+,58+,63+,64-/m1/s1. The maximum absolute atomic E-state index is 14.5. The van der Waals surface area contributed by atoms with Gasteiger partial charge in [-0.3, -0.25) is 43.4 Å². The molecule has 480 valence electrons. The molecule has 2 aromatic carbocycles. The van der Waals surface area contributed by atoms with Crippen LogP contribution in [0.3, 0.4) is 0 Å². The number of hydrogen-bond acceptors (Lipinski definition) is 17. The van der Waals surface area contributed by atoms with Crippen molar-refractivity contribution in [2.75, 3.05) is 46.3 Å². The maximum atomic E-state index is 14.5. The average molecular weight is 1250 g/mol. The van der Waals surface area contributed by atoms with E-state index in [-0.39, 0.29) is 92.5 Å². The summed E-state index contributed by atoms with van der Waals surface area (Å²) in [6.45, 7) is 10.6. The third kappa shape index (κ3) is 18.3. The number of allylic oxidation sites excluding steroid dienone is 3. The molecule has 4 aliphatic rings. The zero-order chi connectivity index (χ0) is 64.8. The first-order valence-corrected chi connectivity index (χ1v) is 30.2. The Kier molecular flexibility index (Phi) is 24.6. The van der Waals surface area contributed by atoms with E-state index in [1.807, 2.05) is 26.8 Å². The molecular weight excluding hydrogens is 1160 g/mol. The molecule has 4 bridgehead atoms. The second kappa shape index (κ2) is 31.1. The second-order valence-electron chi connectivity index (χ2n) is 23.9. The number of ether oxygens (including phenoxy) is 6. The van der Waals surface area contributed by atoms with Crippen molar-refractivity contribution in [2.45, 2.75) is 173 Å². The Labute approximate surface area is 518 Å². The fraction of sp³-hybridized carbons (Fsp3) is 0.562. The molecule has 4 heterocycles. The number of anilines is 1. The van der Waals surface area contributed by atoms with Gasteiger partial charge in [-0.1, -0.05) is 86.9 Å². The third-order valence-corrected chi connectivity index (χ3v) is 17.3. The minimum Gasteiger partial charge on any atom is -0.495 e. The number of carbonyl (C=O) groups excluding carboxylic acids is 10. The monoisotopic (exact) mass is 1240 g/mol. The van der Waals surface area contributed by atoms with Crippen molar-refractivity contribution < 1.29 is 81.5 Å². The Morgan fingerprint density at radius 2 is 1.65 bits per heavy atom. The number of methoxy groups -OCH3 is 2. The topological polar surface area (TPSA) is 309 Å². The molecule has 2 saturated heterocycles. The van der Waals surface area contributed by atoms with Crippen LogP contribution in [-0.4, -0.2) is 163 Å². The van der Waals surface area contributed by atoms with E-state index < -0.39 is 102 Å². The SMILES string of the molecule is COc1cc2cc(c1Cl)N(C)C(=O)C[C@H](OC(=O)[C@H](C)N(C)C(=O)OCc1ccc(CC(=O)[C@H](CCCNC(N)=O)NC(=O)[C@@H](CC(=O)CCCCCN3C(=O)C=CC3=O)C(C)C)cc1)[C@]1(C)O[C@H]1[C@H](C)[C@@H]1C[C@@](O)(CC(=O)O1)[C@H](OC)/C=C/C=C(\C)C2. The van der Waals surface area contributed by atoms with Crippen LogP contribution in [0, 0.1) is 17.8 Å². The second-order valence-corrected chi connectivity index (χ2v) is 24.3. The van der Waals surface area contributed by atoms with Crippen molar-refractivity contribution in [3.8, 4) is 5.75 Å². The Bertz CT molecular complexity index is 3000. The number of fused-ring (bicyclic) bond motifs is 5. The van der Waals surface area contributed by atoms with Gasteiger partial charge in [0, 0.05) is 84.0 Å². The molecule has 23 nitrogen and oxygen atoms in total. The third-order valence-electron chi connectivity index (χ3n) is 16.9. The smallest absolute Gasteiger partial charge is 0.410 e. The first-order chi connectivity index (χ1) is 41.6. The molecule has 6 rings (SSSR count). The molecule has 0 aliphatic carbocycles. The summed E-state index contributed by atoms with van der Waals surface area (Å²) < 4.78 is 35.3. The summed E-state index contributed by atoms with van der Waals surface area (Å²) in [5.74, 6) is -4.96. The first-order valence-electron chi connectivity index (χ1n) is 29.8. The number of rotatable bonds is 25. The van der Waals surface area contributed by atoms with Gasteiger partial charge in [0.2, 0.25) is 11.8 Å². The number of unbranched alkanes of at least 4 members (excludes halogenated alkanes) is 2. The molecule has 2 fully saturated rings. The van der Waals surface area contributed by atoms with Crippen LogP contribution in [0.2, 0.25) is 5.02 Å². The van der Waals surface area contributed by atoms with Crippen molar-refractivity contribution in [2.24, 2.45) is 23.5 Å². The average Bonchev–Trinajstić information content (AvgIpc) is 1.82. The van der Waals surface area contributed by atoms with Crippen LogP contribution < -0.4 is 26.0 Å². The number of imide groups is 1. The minimum absolute atomic E-state index is 0.0146. The number of likely N-dealkylation sites (N-methyl/N-ethyl adjacent to an activating group) is 1. The number of Topliss-reactive ketones (excluding diaryl/α,β-unsaturated/α-hetero) is 2. The lowest BCUT2D eigenvalue weighted by Crippen LogP contribution is -2.53. The Morgan fingerprint density at radius 3 is 2.30 bits per heavy atom. The number of nitrogens with two attached hydrogens (primary N) is 1. The van der Waals surface area contributed by atoms with E-state index in [2.05, 4.69) is 10.6 Å². The number of aliphatic hydroxyl groups is 1. The van der Waals surface area contributed by atoms with Gasteiger partial charge >= 0.3 is 24.1 Å². The van der Waals surface area contributed by atoms with E-state index in [4.69, 9.17) is 45.8 Å². The summed E-state index contributed by atoms with van der Waals surface area (Å²) in [5, 5.41) is 17.5. The number of primary amides is 1. The van der Waals surface area contributed by atoms with Gasteiger partial charge in [0.15, 0.2) is 5.78 Å². The molecule has 24 heteroatoms. The highest BCUT2D eigenvalue weighted by Crippen LogP contribution is 2.50. The summed E-state index contributed by atoms with van der Waals surface area (Å²) in [7, 11) is 5.79. The number of hydrogen-bond donors (Lipinski definition) is 4. The van der Waals surface area contributed by atoms with Crippen molar-refractivity contribution in [1.82, 2.24) is 20.4 Å². The highest BCUT2D eigenvalue weighted by Gasteiger charge is 2.64. The number of epoxide rings is 1. The molecule has 88 heavy (non-hydrogen) atoms. The van der Waals surface area contributed by atoms with E-state index in [0.29, 0.717) is 54.7 Å². The predicted octanol–water partition coefficient (Wildman–Crippen LogP) is 6.34. The molecule has 0 unspecified atom stereocenters. The number of halogens is 1. The van der Waals surface area contributed by atoms with Crippen molar-refractivity contribution in [3.05, 3.63) is 94.1 Å². The summed E-state index contributed by atoms with van der Waals surface area (Å²) in [6.07, 6.45) is 4.86. The number of esters is 2. The van der Waals surface area contributed by atoms with E-state index in [9.17, 15) is 53.1 Å². The van der Waals surface area contributed by atoms with Crippen LogP contribution in [0.15, 0.2) is 72.4 Å². The molecule has 5 N–H and O–H groups in total. The van der Waals surface area contributed by atoms with Crippen molar-refractivity contribution >= 4 is 76.5 Å². The quantitative estimate of drug-likeness (QED) is 0.0277. The molecule has 0 spiro atoms. The van der Waals surface area contributed by atoms with Gasteiger partial charge in [-0.05, 0) is 87.6 Å². The highest BCUT2D eigenvalue weighted by molar-refractivity contribution is 6.35. The number of nitrogens with zero attached hydrogens (tertiary/aromatic N) is 3. The normalized spacial score (nSPS) is 24.9. The minimum atomic E-state index is -1.66. The molecule has 0 radical (unpaired) electrons. The van der Waals surface area contributed by atoms with Crippen LogP contribution in [0.25, 0.3) is 0 Å². The van der Waals surface area contributed by atoms with Gasteiger partial charge in [-0.15, -0.1) is 0 Å². The zero-order valence-electron chi connectivity index (χ0n) is 51.9. The molecular formula is C64H85ClN6O17. The lowest BCUT2D eigenvalue weighted by Gasteiger charge is -2.41. The number of carbonyl (C=O) groups is 10. The Balaban J connectivity index is 1.09. The molecule has 2 aromatic rings. The van der Waals surface area contributed by atoms with Crippen molar-refractivity contribution in [3.63, 3.8) is 0 Å². The lowest BCUT2D eigenvalue weighted by molar-refractivity contribution is -0.187. The largest absolute Gasteiger partial charge is 0.495 e. The number of ketones is 2. The summed E-state index contributed by atoms with van der Waals surface area (Å²) in [6, 6.07) is 7.20. The number of nitrogens with one attached hydrogen (secondary N) is 2. The van der Waals surface area contributed by atoms with Crippen LogP contribution in [0.5, 0.6) is 5.75 Å². The molecule has 7 amide bonds. The van der Waals surface area contributed by atoms with E-state index >= 15 is 0 Å². The van der Waals surface area contributed by atoms with E-state index in [0.717, 1.165) is 20.9 Å².